The van der Waals surface area contributed by atoms with Crippen LogP contribution in [0.2, 0.25) is 0 Å². The second-order valence-electron chi connectivity index (χ2n) is 5.01. The molecule has 0 radical (unpaired) electrons. The lowest BCUT2D eigenvalue weighted by atomic mass is 9.85. The van der Waals surface area contributed by atoms with Gasteiger partial charge < -0.3 is 9.47 Å². The van der Waals surface area contributed by atoms with Crippen molar-refractivity contribution in [2.24, 2.45) is 11.3 Å². The zero-order chi connectivity index (χ0) is 8.77. The van der Waals surface area contributed by atoms with Crippen LogP contribution in [0.15, 0.2) is 0 Å². The van der Waals surface area contributed by atoms with Crippen LogP contribution < -0.4 is 0 Å². The van der Waals surface area contributed by atoms with Crippen molar-refractivity contribution in [1.82, 2.24) is 0 Å². The Morgan fingerprint density at radius 3 is 2.58 bits per heavy atom. The summed E-state index contributed by atoms with van der Waals surface area (Å²) < 4.78 is 11.3. The Kier molecular flexibility index (Phi) is 1.92. The normalized spacial score (nSPS) is 41.8. The highest BCUT2D eigenvalue weighted by Gasteiger charge is 2.43. The Balaban J connectivity index is 1.99. The van der Waals surface area contributed by atoms with E-state index in [0.717, 1.165) is 6.61 Å². The fourth-order valence-electron chi connectivity index (χ4n) is 2.04. The zero-order valence-corrected chi connectivity index (χ0v) is 8.17. The van der Waals surface area contributed by atoms with Crippen LogP contribution >= 0.6 is 0 Å². The van der Waals surface area contributed by atoms with Crippen LogP contribution in [0, 0.1) is 11.3 Å². The van der Waals surface area contributed by atoms with Gasteiger partial charge in [0.05, 0.1) is 12.7 Å². The fraction of sp³-hybridized carbons (Fsp3) is 1.00. The van der Waals surface area contributed by atoms with Crippen molar-refractivity contribution in [3.63, 3.8) is 0 Å². The molecule has 2 heteroatoms. The molecule has 70 valence electrons. The summed E-state index contributed by atoms with van der Waals surface area (Å²) in [5.74, 6) is 0.675. The van der Waals surface area contributed by atoms with Gasteiger partial charge in [-0.3, -0.25) is 0 Å². The Morgan fingerprint density at radius 2 is 2.00 bits per heavy atom. The molecule has 2 fully saturated rings. The summed E-state index contributed by atoms with van der Waals surface area (Å²) in [5, 5.41) is 0. The maximum absolute atomic E-state index is 5.83. The highest BCUT2D eigenvalue weighted by molar-refractivity contribution is 4.87. The molecule has 2 aliphatic rings. The van der Waals surface area contributed by atoms with E-state index in [2.05, 4.69) is 20.8 Å². The van der Waals surface area contributed by atoms with E-state index in [1.807, 2.05) is 0 Å². The van der Waals surface area contributed by atoms with Crippen molar-refractivity contribution in [2.45, 2.75) is 46.0 Å². The minimum absolute atomic E-state index is 0.120. The predicted molar refractivity (Wildman–Crippen MR) is 46.8 cm³/mol. The van der Waals surface area contributed by atoms with Crippen molar-refractivity contribution in [3.8, 4) is 0 Å². The second kappa shape index (κ2) is 2.71. The van der Waals surface area contributed by atoms with Crippen LogP contribution in [0.4, 0.5) is 0 Å². The van der Waals surface area contributed by atoms with E-state index in [0.29, 0.717) is 12.0 Å². The van der Waals surface area contributed by atoms with Crippen LogP contribution in [0.25, 0.3) is 0 Å². The number of rotatable bonds is 0. The summed E-state index contributed by atoms with van der Waals surface area (Å²) >= 11 is 0. The average Bonchev–Trinajstić information content (AvgIpc) is 2.37. The third-order valence-electron chi connectivity index (χ3n) is 2.94. The van der Waals surface area contributed by atoms with E-state index in [1.165, 1.54) is 12.8 Å². The van der Waals surface area contributed by atoms with Crippen LogP contribution in [0.3, 0.4) is 0 Å². The third-order valence-corrected chi connectivity index (χ3v) is 2.94. The van der Waals surface area contributed by atoms with E-state index < -0.39 is 0 Å². The van der Waals surface area contributed by atoms with Gasteiger partial charge in [0.1, 0.15) is 0 Å². The van der Waals surface area contributed by atoms with Crippen molar-refractivity contribution in [1.29, 1.82) is 0 Å². The molecule has 0 spiro atoms. The van der Waals surface area contributed by atoms with E-state index in [1.54, 1.807) is 0 Å². The fourth-order valence-corrected chi connectivity index (χ4v) is 2.04. The number of ether oxygens (including phenoxy) is 2. The van der Waals surface area contributed by atoms with Gasteiger partial charge in [0.25, 0.3) is 0 Å². The minimum atomic E-state index is 0.120. The Morgan fingerprint density at radius 1 is 1.25 bits per heavy atom. The SMILES string of the molecule is CC(C)(C)[C@@H]1C[C@@H]2CCO[C@@H]2O1. The molecular weight excluding hydrogens is 152 g/mol. The van der Waals surface area contributed by atoms with Gasteiger partial charge in [-0.2, -0.15) is 0 Å². The molecule has 0 amide bonds. The molecule has 0 N–H and O–H groups in total. The zero-order valence-electron chi connectivity index (χ0n) is 8.17. The molecule has 3 atom stereocenters. The maximum Gasteiger partial charge on any atom is 0.160 e. The molecule has 2 nitrogen and oxygen atoms in total. The van der Waals surface area contributed by atoms with Gasteiger partial charge in [-0.25, -0.2) is 0 Å². The van der Waals surface area contributed by atoms with E-state index in [4.69, 9.17) is 9.47 Å². The molecule has 0 aromatic carbocycles. The summed E-state index contributed by atoms with van der Waals surface area (Å²) in [6, 6.07) is 0. The first-order chi connectivity index (χ1) is 5.57. The largest absolute Gasteiger partial charge is 0.352 e. The van der Waals surface area contributed by atoms with Crippen LogP contribution in [0.5, 0.6) is 0 Å². The Labute approximate surface area is 74.2 Å². The van der Waals surface area contributed by atoms with E-state index >= 15 is 0 Å². The maximum atomic E-state index is 5.83. The van der Waals surface area contributed by atoms with Gasteiger partial charge in [0.15, 0.2) is 6.29 Å². The van der Waals surface area contributed by atoms with Crippen LogP contribution in [0.1, 0.15) is 33.6 Å². The molecule has 0 aromatic heterocycles. The highest BCUT2D eigenvalue weighted by atomic mass is 16.7. The van der Waals surface area contributed by atoms with Crippen LogP contribution in [-0.4, -0.2) is 19.0 Å². The first kappa shape index (κ1) is 8.52. The van der Waals surface area contributed by atoms with Crippen molar-refractivity contribution >= 4 is 0 Å². The molecule has 0 aliphatic carbocycles. The monoisotopic (exact) mass is 170 g/mol. The van der Waals surface area contributed by atoms with Gasteiger partial charge in [-0.1, -0.05) is 20.8 Å². The highest BCUT2D eigenvalue weighted by Crippen LogP contribution is 2.41. The predicted octanol–water partition coefficient (Wildman–Crippen LogP) is 2.18. The second-order valence-corrected chi connectivity index (χ2v) is 5.01. The standard InChI is InChI=1S/C10H18O2/c1-10(2,3)8-6-7-4-5-11-9(7)12-8/h7-9H,4-6H2,1-3H3/t7-,8-,9+/m0/s1. The third kappa shape index (κ3) is 1.38. The molecule has 2 heterocycles. The number of hydrogen-bond acceptors (Lipinski definition) is 2. The average molecular weight is 170 g/mol. The van der Waals surface area contributed by atoms with Crippen molar-refractivity contribution in [2.75, 3.05) is 6.61 Å². The summed E-state index contributed by atoms with van der Waals surface area (Å²) in [7, 11) is 0. The lowest BCUT2D eigenvalue weighted by Crippen LogP contribution is -2.27. The summed E-state index contributed by atoms with van der Waals surface area (Å²) in [4.78, 5) is 0. The molecule has 2 aliphatic heterocycles. The molecule has 2 rings (SSSR count). The molecule has 0 saturated carbocycles. The van der Waals surface area contributed by atoms with Crippen LogP contribution in [-0.2, 0) is 9.47 Å². The molecule has 0 aromatic rings. The first-order valence-corrected chi connectivity index (χ1v) is 4.84. The Hall–Kier alpha value is -0.0800. The van der Waals surface area contributed by atoms with Gasteiger partial charge in [-0.05, 0) is 18.3 Å². The van der Waals surface area contributed by atoms with Gasteiger partial charge >= 0.3 is 0 Å². The quantitative estimate of drug-likeness (QED) is 0.555. The van der Waals surface area contributed by atoms with Gasteiger partial charge in [0.2, 0.25) is 0 Å². The molecule has 12 heavy (non-hydrogen) atoms. The minimum Gasteiger partial charge on any atom is -0.352 e. The molecule has 0 unspecified atom stereocenters. The Bertz CT molecular complexity index is 159. The summed E-state index contributed by atoms with van der Waals surface area (Å²) in [6.45, 7) is 7.60. The van der Waals surface area contributed by atoms with E-state index in [9.17, 15) is 0 Å². The summed E-state index contributed by atoms with van der Waals surface area (Å²) in [6.07, 6.45) is 2.90. The smallest absolute Gasteiger partial charge is 0.160 e. The lowest BCUT2D eigenvalue weighted by molar-refractivity contribution is -0.138. The topological polar surface area (TPSA) is 18.5 Å². The van der Waals surface area contributed by atoms with Crippen molar-refractivity contribution in [3.05, 3.63) is 0 Å². The van der Waals surface area contributed by atoms with Crippen molar-refractivity contribution < 1.29 is 9.47 Å². The number of hydrogen-bond donors (Lipinski definition) is 0. The van der Waals surface area contributed by atoms with Gasteiger partial charge in [0, 0.05) is 5.92 Å². The lowest BCUT2D eigenvalue weighted by Gasteiger charge is -2.26. The molecular formula is C10H18O2. The van der Waals surface area contributed by atoms with Gasteiger partial charge in [-0.15, -0.1) is 0 Å². The molecule has 0 bridgehead atoms. The summed E-state index contributed by atoms with van der Waals surface area (Å²) in [5.41, 5.74) is 0.272. The first-order valence-electron chi connectivity index (χ1n) is 4.84. The number of fused-ring (bicyclic) bond motifs is 1. The van der Waals surface area contributed by atoms with E-state index in [-0.39, 0.29) is 11.7 Å². The molecule has 2 saturated heterocycles.